The number of carbonyl (C=O) groups is 3. The van der Waals surface area contributed by atoms with E-state index in [1.807, 2.05) is 19.0 Å². The molecule has 0 unspecified atom stereocenters. The predicted molar refractivity (Wildman–Crippen MR) is 163 cm³/mol. The Morgan fingerprint density at radius 2 is 0.821 bits per heavy atom. The number of hydrogen-bond acceptors (Lipinski definition) is 7. The molecule has 0 spiro atoms. The molecule has 0 bridgehead atoms. The van der Waals surface area contributed by atoms with Crippen LogP contribution in [0.15, 0.2) is 36.5 Å². The van der Waals surface area contributed by atoms with Crippen LogP contribution in [0.5, 0.6) is 0 Å². The zero-order valence-corrected chi connectivity index (χ0v) is 26.3. The van der Waals surface area contributed by atoms with Gasteiger partial charge in [-0.3, -0.25) is 0 Å². The van der Waals surface area contributed by atoms with Crippen LogP contribution in [0.3, 0.4) is 0 Å². The van der Waals surface area contributed by atoms with Crippen LogP contribution in [0.4, 0.5) is 0 Å². The molecule has 0 heterocycles. The Morgan fingerprint density at radius 3 is 1.15 bits per heavy atom. The molecule has 0 saturated carbocycles. The second kappa shape index (κ2) is 30.1. The Labute approximate surface area is 240 Å². The fourth-order valence-electron chi connectivity index (χ4n) is 2.75. The monoisotopic (exact) mass is 553 g/mol. The minimum absolute atomic E-state index is 0.258. The third-order valence-electron chi connectivity index (χ3n) is 5.28. The van der Waals surface area contributed by atoms with Crippen molar-refractivity contribution in [1.29, 1.82) is 0 Å². The van der Waals surface area contributed by atoms with Crippen LogP contribution >= 0.6 is 0 Å². The summed E-state index contributed by atoms with van der Waals surface area (Å²) in [6, 6.07) is 0. The lowest BCUT2D eigenvalue weighted by atomic mass is 10.1. The standard InChI is InChI=1S/C16H30O2.C8H15NO2.C8H14O2/c1-4-5-6-7-8-9-10-11-12-13-14-18-16(17)15(2)3;1-7(2)8(10)11-6-5-9(3)4;1-4-5-6-10-8(9)7(2)3/h2,4-14H2,1,3H3;1,5-6H2,2-4H3;2,4-6H2,1,3H3. The minimum atomic E-state index is -0.313. The smallest absolute Gasteiger partial charge is 0.333 e. The molecule has 0 aromatic rings. The van der Waals surface area contributed by atoms with Gasteiger partial charge in [0.05, 0.1) is 13.2 Å². The molecule has 39 heavy (non-hydrogen) atoms. The van der Waals surface area contributed by atoms with E-state index in [1.165, 1.54) is 57.8 Å². The molecule has 0 aromatic carbocycles. The fourth-order valence-corrected chi connectivity index (χ4v) is 2.75. The van der Waals surface area contributed by atoms with Crippen LogP contribution in [0.2, 0.25) is 0 Å². The summed E-state index contributed by atoms with van der Waals surface area (Å²) in [5.74, 6) is -0.855. The lowest BCUT2D eigenvalue weighted by molar-refractivity contribution is -0.140. The Bertz CT molecular complexity index is 684. The molecule has 0 radical (unpaired) electrons. The number of likely N-dealkylation sites (N-methyl/N-ethyl adjacent to an activating group) is 1. The maximum atomic E-state index is 11.1. The summed E-state index contributed by atoms with van der Waals surface area (Å²) < 4.78 is 14.7. The largest absolute Gasteiger partial charge is 0.462 e. The summed E-state index contributed by atoms with van der Waals surface area (Å²) in [4.78, 5) is 34.5. The second-order valence-corrected chi connectivity index (χ2v) is 10.1. The van der Waals surface area contributed by atoms with Crippen molar-refractivity contribution < 1.29 is 28.6 Å². The molecule has 0 N–H and O–H groups in total. The fraction of sp³-hybridized carbons (Fsp3) is 0.719. The van der Waals surface area contributed by atoms with E-state index in [0.717, 1.165) is 25.8 Å². The van der Waals surface area contributed by atoms with Gasteiger partial charge in [0, 0.05) is 23.3 Å². The second-order valence-electron chi connectivity index (χ2n) is 10.1. The van der Waals surface area contributed by atoms with Crippen molar-refractivity contribution in [3.8, 4) is 0 Å². The van der Waals surface area contributed by atoms with Crippen LogP contribution in [-0.4, -0.2) is 63.3 Å². The average molecular weight is 554 g/mol. The van der Waals surface area contributed by atoms with Crippen LogP contribution < -0.4 is 0 Å². The van der Waals surface area contributed by atoms with Crippen molar-refractivity contribution in [2.24, 2.45) is 0 Å². The molecule has 0 saturated heterocycles. The molecule has 0 fully saturated rings. The van der Waals surface area contributed by atoms with Gasteiger partial charge in [0.15, 0.2) is 0 Å². The first kappa shape index (κ1) is 41.1. The van der Waals surface area contributed by atoms with Crippen LogP contribution in [0.25, 0.3) is 0 Å². The topological polar surface area (TPSA) is 82.1 Å². The number of rotatable bonds is 20. The molecule has 0 aliphatic heterocycles. The molecule has 0 aromatic heterocycles. The molecule has 228 valence electrons. The normalized spacial score (nSPS) is 9.85. The van der Waals surface area contributed by atoms with E-state index < -0.39 is 0 Å². The van der Waals surface area contributed by atoms with E-state index in [-0.39, 0.29) is 17.9 Å². The predicted octanol–water partition coefficient (Wildman–Crippen LogP) is 7.60. The highest BCUT2D eigenvalue weighted by atomic mass is 16.5. The van der Waals surface area contributed by atoms with Gasteiger partial charge in [0.25, 0.3) is 0 Å². The third-order valence-corrected chi connectivity index (χ3v) is 5.28. The molecule has 0 atom stereocenters. The summed E-state index contributed by atoms with van der Waals surface area (Å²) in [6.45, 7) is 22.0. The molecule has 0 rings (SSSR count). The Hall–Kier alpha value is -2.41. The van der Waals surface area contributed by atoms with Crippen molar-refractivity contribution >= 4 is 17.9 Å². The summed E-state index contributed by atoms with van der Waals surface area (Å²) in [5, 5.41) is 0. The zero-order chi connectivity index (χ0) is 30.5. The highest BCUT2D eigenvalue weighted by Crippen LogP contribution is 2.10. The van der Waals surface area contributed by atoms with Crippen LogP contribution in [0.1, 0.15) is 112 Å². The van der Waals surface area contributed by atoms with Gasteiger partial charge in [-0.2, -0.15) is 0 Å². The van der Waals surface area contributed by atoms with Gasteiger partial charge in [-0.15, -0.1) is 0 Å². The summed E-state index contributed by atoms with van der Waals surface area (Å²) >= 11 is 0. The van der Waals surface area contributed by atoms with Crippen molar-refractivity contribution in [3.63, 3.8) is 0 Å². The van der Waals surface area contributed by atoms with E-state index in [9.17, 15) is 14.4 Å². The van der Waals surface area contributed by atoms with E-state index in [1.54, 1.807) is 20.8 Å². The highest BCUT2D eigenvalue weighted by Gasteiger charge is 2.03. The Morgan fingerprint density at radius 1 is 0.513 bits per heavy atom. The number of hydrogen-bond donors (Lipinski definition) is 0. The Kier molecular flexibility index (Phi) is 31.7. The highest BCUT2D eigenvalue weighted by molar-refractivity contribution is 5.87. The quantitative estimate of drug-likeness (QED) is 0.0664. The maximum Gasteiger partial charge on any atom is 0.333 e. The summed E-state index contributed by atoms with van der Waals surface area (Å²) in [6.07, 6.45) is 14.9. The van der Waals surface area contributed by atoms with Gasteiger partial charge in [0.2, 0.25) is 0 Å². The van der Waals surface area contributed by atoms with E-state index >= 15 is 0 Å². The molecule has 0 aliphatic carbocycles. The van der Waals surface area contributed by atoms with Gasteiger partial charge in [-0.05, 0) is 47.7 Å². The zero-order valence-electron chi connectivity index (χ0n) is 26.3. The molecular formula is C32H59NO6. The molecule has 7 heteroatoms. The lowest BCUT2D eigenvalue weighted by Crippen LogP contribution is -2.20. The van der Waals surface area contributed by atoms with Crippen LogP contribution in [-0.2, 0) is 28.6 Å². The molecule has 0 aliphatic rings. The third kappa shape index (κ3) is 35.6. The van der Waals surface area contributed by atoms with E-state index in [0.29, 0.717) is 36.5 Å². The first-order valence-electron chi connectivity index (χ1n) is 14.5. The number of unbranched alkanes of at least 4 members (excludes halogenated alkanes) is 10. The molecule has 7 nitrogen and oxygen atoms in total. The number of carbonyl (C=O) groups excluding carboxylic acids is 3. The van der Waals surface area contributed by atoms with Crippen molar-refractivity contribution in [3.05, 3.63) is 36.5 Å². The molecular weight excluding hydrogens is 494 g/mol. The van der Waals surface area contributed by atoms with Gasteiger partial charge >= 0.3 is 17.9 Å². The number of ether oxygens (including phenoxy) is 3. The van der Waals surface area contributed by atoms with Gasteiger partial charge in [0.1, 0.15) is 6.61 Å². The van der Waals surface area contributed by atoms with E-state index in [4.69, 9.17) is 14.2 Å². The van der Waals surface area contributed by atoms with Gasteiger partial charge < -0.3 is 19.1 Å². The Balaban J connectivity index is -0.000000532. The van der Waals surface area contributed by atoms with Crippen molar-refractivity contribution in [2.45, 2.75) is 112 Å². The first-order chi connectivity index (χ1) is 18.4. The molecule has 0 amide bonds. The number of esters is 3. The summed E-state index contributed by atoms with van der Waals surface area (Å²) in [7, 11) is 3.85. The minimum Gasteiger partial charge on any atom is -0.462 e. The van der Waals surface area contributed by atoms with Crippen LogP contribution in [0, 0.1) is 0 Å². The van der Waals surface area contributed by atoms with Crippen molar-refractivity contribution in [2.75, 3.05) is 40.5 Å². The van der Waals surface area contributed by atoms with Gasteiger partial charge in [-0.25, -0.2) is 14.4 Å². The SMILES string of the molecule is C=C(C)C(=O)OCCCC.C=C(C)C(=O)OCCCCCCCCCCCC.C=C(C)C(=O)OCCN(C)C. The first-order valence-corrected chi connectivity index (χ1v) is 14.5. The van der Waals surface area contributed by atoms with Crippen molar-refractivity contribution in [1.82, 2.24) is 4.90 Å². The van der Waals surface area contributed by atoms with Gasteiger partial charge in [-0.1, -0.05) is 97.8 Å². The lowest BCUT2D eigenvalue weighted by Gasteiger charge is -2.09. The van der Waals surface area contributed by atoms with E-state index in [2.05, 4.69) is 33.6 Å². The number of nitrogens with zero attached hydrogens (tertiary/aromatic N) is 1. The average Bonchev–Trinajstić information content (AvgIpc) is 2.87. The maximum absolute atomic E-state index is 11.1. The summed E-state index contributed by atoms with van der Waals surface area (Å²) in [5.41, 5.74) is 1.40.